The molecule has 2 unspecified atom stereocenters. The monoisotopic (exact) mass is 280 g/mol. The molecule has 0 radical (unpaired) electrons. The Morgan fingerprint density at radius 1 is 1.25 bits per heavy atom. The molecule has 2 atom stereocenters. The number of halogens is 1. The summed E-state index contributed by atoms with van der Waals surface area (Å²) in [6.45, 7) is 2.24. The molecular formula is C15H21Br. The van der Waals surface area contributed by atoms with Gasteiger partial charge in [0.05, 0.1) is 0 Å². The second kappa shape index (κ2) is 5.86. The van der Waals surface area contributed by atoms with E-state index in [4.69, 9.17) is 0 Å². The fraction of sp³-hybridized carbons (Fsp3) is 0.600. The molecule has 1 aromatic rings. The average Bonchev–Trinajstić information content (AvgIpc) is 2.54. The minimum absolute atomic E-state index is 0.727. The van der Waals surface area contributed by atoms with Crippen LogP contribution in [-0.2, 0) is 6.42 Å². The van der Waals surface area contributed by atoms with Crippen molar-refractivity contribution >= 4 is 15.9 Å². The van der Waals surface area contributed by atoms with Crippen molar-refractivity contribution in [1.82, 2.24) is 0 Å². The van der Waals surface area contributed by atoms with E-state index in [1.54, 1.807) is 5.56 Å². The van der Waals surface area contributed by atoms with Gasteiger partial charge >= 0.3 is 0 Å². The van der Waals surface area contributed by atoms with Gasteiger partial charge in [-0.3, -0.25) is 0 Å². The van der Waals surface area contributed by atoms with Crippen LogP contribution in [0.5, 0.6) is 0 Å². The molecule has 0 amide bonds. The predicted octanol–water partition coefficient (Wildman–Crippen LogP) is 5.06. The van der Waals surface area contributed by atoms with E-state index in [1.165, 1.54) is 37.7 Å². The van der Waals surface area contributed by atoms with E-state index < -0.39 is 0 Å². The Bertz CT molecular complexity index is 332. The predicted molar refractivity (Wildman–Crippen MR) is 74.4 cm³/mol. The van der Waals surface area contributed by atoms with E-state index in [0.29, 0.717) is 0 Å². The van der Waals surface area contributed by atoms with E-state index in [1.807, 2.05) is 0 Å². The molecule has 0 N–H and O–H groups in total. The van der Waals surface area contributed by atoms with Crippen molar-refractivity contribution in [3.8, 4) is 0 Å². The van der Waals surface area contributed by atoms with Crippen molar-refractivity contribution in [2.24, 2.45) is 0 Å². The lowest BCUT2D eigenvalue weighted by Gasteiger charge is -2.17. The van der Waals surface area contributed by atoms with Crippen molar-refractivity contribution in [2.45, 2.75) is 56.2 Å². The van der Waals surface area contributed by atoms with Crippen molar-refractivity contribution in [3.05, 3.63) is 35.4 Å². The second-order valence-corrected chi connectivity index (χ2v) is 6.21. The lowest BCUT2D eigenvalue weighted by molar-refractivity contribution is 0.599. The summed E-state index contributed by atoms with van der Waals surface area (Å²) in [7, 11) is 0. The van der Waals surface area contributed by atoms with Crippen LogP contribution < -0.4 is 0 Å². The number of benzene rings is 1. The Hall–Kier alpha value is -0.300. The van der Waals surface area contributed by atoms with Gasteiger partial charge in [-0.15, -0.1) is 0 Å². The van der Waals surface area contributed by atoms with Gasteiger partial charge in [0.25, 0.3) is 0 Å². The van der Waals surface area contributed by atoms with Crippen molar-refractivity contribution in [2.75, 3.05) is 0 Å². The van der Waals surface area contributed by atoms with Crippen LogP contribution >= 0.6 is 15.9 Å². The smallest absolute Gasteiger partial charge is 0.0151 e. The molecule has 0 aliphatic heterocycles. The summed E-state index contributed by atoms with van der Waals surface area (Å²) in [4.78, 5) is 0.727. The molecule has 0 nitrogen and oxygen atoms in total. The quantitative estimate of drug-likeness (QED) is 0.525. The maximum atomic E-state index is 3.81. The third-order valence-electron chi connectivity index (χ3n) is 3.69. The summed E-state index contributed by atoms with van der Waals surface area (Å²) in [5, 5.41) is 0. The van der Waals surface area contributed by atoms with Crippen LogP contribution in [0.1, 0.15) is 56.1 Å². The highest BCUT2D eigenvalue weighted by Crippen LogP contribution is 2.34. The molecule has 0 aromatic heterocycles. The van der Waals surface area contributed by atoms with E-state index in [9.17, 15) is 0 Å². The number of hydrogen-bond donors (Lipinski definition) is 0. The van der Waals surface area contributed by atoms with Crippen molar-refractivity contribution < 1.29 is 0 Å². The van der Waals surface area contributed by atoms with Crippen LogP contribution in [-0.4, -0.2) is 4.83 Å². The van der Waals surface area contributed by atoms with E-state index in [0.717, 1.165) is 17.2 Å². The first kappa shape index (κ1) is 12.2. The lowest BCUT2D eigenvalue weighted by atomic mass is 9.90. The maximum Gasteiger partial charge on any atom is 0.0151 e. The molecule has 1 fully saturated rings. The SMILES string of the molecule is CCc1cccc(C2CCCCC(Br)C2)c1. The number of alkyl halides is 1. The number of hydrogen-bond acceptors (Lipinski definition) is 0. The molecule has 16 heavy (non-hydrogen) atoms. The van der Waals surface area contributed by atoms with Gasteiger partial charge < -0.3 is 0 Å². The standard InChI is InChI=1S/C15H21Br/c1-2-12-6-5-8-13(10-12)14-7-3-4-9-15(16)11-14/h5-6,8,10,14-15H,2-4,7,9,11H2,1H3. The molecule has 0 saturated heterocycles. The van der Waals surface area contributed by atoms with E-state index in [2.05, 4.69) is 47.1 Å². The van der Waals surface area contributed by atoms with Gasteiger partial charge in [0.1, 0.15) is 0 Å². The highest BCUT2D eigenvalue weighted by Gasteiger charge is 2.19. The molecule has 1 aliphatic carbocycles. The Labute approximate surface area is 108 Å². The van der Waals surface area contributed by atoms with Crippen LogP contribution in [0.4, 0.5) is 0 Å². The molecule has 0 heterocycles. The van der Waals surface area contributed by atoms with Gasteiger partial charge in [0, 0.05) is 4.83 Å². The Morgan fingerprint density at radius 3 is 2.88 bits per heavy atom. The van der Waals surface area contributed by atoms with Gasteiger partial charge in [0.15, 0.2) is 0 Å². The Balaban J connectivity index is 2.14. The number of rotatable bonds is 2. The largest absolute Gasteiger partial charge is 0.0890 e. The van der Waals surface area contributed by atoms with Crippen LogP contribution in [0.2, 0.25) is 0 Å². The lowest BCUT2D eigenvalue weighted by Crippen LogP contribution is -2.04. The van der Waals surface area contributed by atoms with Gasteiger partial charge in [0.2, 0.25) is 0 Å². The molecule has 1 saturated carbocycles. The first-order chi connectivity index (χ1) is 7.79. The first-order valence-electron chi connectivity index (χ1n) is 6.52. The zero-order chi connectivity index (χ0) is 11.4. The minimum Gasteiger partial charge on any atom is -0.0890 e. The van der Waals surface area contributed by atoms with Crippen LogP contribution in [0.15, 0.2) is 24.3 Å². The molecule has 1 aromatic carbocycles. The highest BCUT2D eigenvalue weighted by molar-refractivity contribution is 9.09. The molecule has 0 bridgehead atoms. The maximum absolute atomic E-state index is 3.81. The summed E-state index contributed by atoms with van der Waals surface area (Å²) < 4.78 is 0. The topological polar surface area (TPSA) is 0 Å². The van der Waals surface area contributed by atoms with E-state index >= 15 is 0 Å². The van der Waals surface area contributed by atoms with E-state index in [-0.39, 0.29) is 0 Å². The summed E-state index contributed by atoms with van der Waals surface area (Å²) in [5.41, 5.74) is 3.04. The molecule has 88 valence electrons. The second-order valence-electron chi connectivity index (χ2n) is 4.91. The summed E-state index contributed by atoms with van der Waals surface area (Å²) in [6.07, 6.45) is 7.97. The summed E-state index contributed by atoms with van der Waals surface area (Å²) >= 11 is 3.81. The van der Waals surface area contributed by atoms with Gasteiger partial charge in [-0.1, -0.05) is 60.0 Å². The average molecular weight is 281 g/mol. The molecular weight excluding hydrogens is 260 g/mol. The highest BCUT2D eigenvalue weighted by atomic mass is 79.9. The zero-order valence-corrected chi connectivity index (χ0v) is 11.7. The minimum atomic E-state index is 0.727. The van der Waals surface area contributed by atoms with Crippen molar-refractivity contribution in [3.63, 3.8) is 0 Å². The first-order valence-corrected chi connectivity index (χ1v) is 7.44. The fourth-order valence-corrected chi connectivity index (χ4v) is 3.45. The van der Waals surface area contributed by atoms with Gasteiger partial charge in [-0.25, -0.2) is 0 Å². The third kappa shape index (κ3) is 3.10. The van der Waals surface area contributed by atoms with Crippen LogP contribution in [0, 0.1) is 0 Å². The van der Waals surface area contributed by atoms with Crippen LogP contribution in [0.3, 0.4) is 0 Å². The fourth-order valence-electron chi connectivity index (χ4n) is 2.67. The molecule has 1 aliphatic rings. The summed E-state index contributed by atoms with van der Waals surface area (Å²) in [5.74, 6) is 0.776. The van der Waals surface area contributed by atoms with Crippen LogP contribution in [0.25, 0.3) is 0 Å². The molecule has 1 heteroatoms. The molecule has 2 rings (SSSR count). The van der Waals surface area contributed by atoms with Gasteiger partial charge in [-0.05, 0) is 42.7 Å². The zero-order valence-electron chi connectivity index (χ0n) is 10.1. The normalized spacial score (nSPS) is 26.4. The summed E-state index contributed by atoms with van der Waals surface area (Å²) in [6, 6.07) is 9.19. The Kier molecular flexibility index (Phi) is 4.45. The molecule has 0 spiro atoms. The Morgan fingerprint density at radius 2 is 2.06 bits per heavy atom. The number of aryl methyl sites for hydroxylation is 1. The third-order valence-corrected chi connectivity index (χ3v) is 4.52. The van der Waals surface area contributed by atoms with Crippen molar-refractivity contribution in [1.29, 1.82) is 0 Å². The van der Waals surface area contributed by atoms with Gasteiger partial charge in [-0.2, -0.15) is 0 Å².